The first-order chi connectivity index (χ1) is 10.2. The van der Waals surface area contributed by atoms with Crippen LogP contribution in [0.25, 0.3) is 0 Å². The Balaban J connectivity index is 0.00000242. The van der Waals surface area contributed by atoms with Crippen LogP contribution in [0.2, 0.25) is 0 Å². The Morgan fingerprint density at radius 3 is 2.68 bits per heavy atom. The van der Waals surface area contributed by atoms with Gasteiger partial charge >= 0.3 is 0 Å². The number of nitrogens with one attached hydrogen (secondary N) is 1. The zero-order chi connectivity index (χ0) is 15.1. The summed E-state index contributed by atoms with van der Waals surface area (Å²) in [4.78, 5) is 10.9. The third-order valence-corrected chi connectivity index (χ3v) is 3.83. The maximum absolute atomic E-state index is 10.9. The number of halogens is 1. The molecule has 0 unspecified atom stereocenters. The lowest BCUT2D eigenvalue weighted by Crippen LogP contribution is -3.00. The summed E-state index contributed by atoms with van der Waals surface area (Å²) in [7, 11) is 1.59. The fourth-order valence-corrected chi connectivity index (χ4v) is 2.73. The van der Waals surface area contributed by atoms with Crippen molar-refractivity contribution in [2.45, 2.75) is 44.7 Å². The monoisotopic (exact) mass is 327 g/mol. The summed E-state index contributed by atoms with van der Waals surface area (Å²) < 4.78 is 10.8. The molecule has 1 fully saturated rings. The molecule has 22 heavy (non-hydrogen) atoms. The van der Waals surface area contributed by atoms with Gasteiger partial charge in [0.15, 0.2) is 18.1 Å². The number of carbonyl (C=O) groups excluding carboxylic acids is 1. The smallest absolute Gasteiger partial charge is 0.255 e. The summed E-state index contributed by atoms with van der Waals surface area (Å²) in [6.07, 6.45) is 6.37. The van der Waals surface area contributed by atoms with E-state index in [1.54, 1.807) is 7.11 Å². The van der Waals surface area contributed by atoms with E-state index in [2.05, 4.69) is 5.32 Å². The number of nitrogens with two attached hydrogens (primary N) is 1. The Hall–Kier alpha value is -1.46. The van der Waals surface area contributed by atoms with E-state index in [1.165, 1.54) is 32.1 Å². The fraction of sp³-hybridized carbons (Fsp3) is 0.562. The molecule has 1 saturated carbocycles. The van der Waals surface area contributed by atoms with Crippen molar-refractivity contribution in [3.8, 4) is 11.5 Å². The topological polar surface area (TPSA) is 73.6 Å². The average molecular weight is 328 g/mol. The van der Waals surface area contributed by atoms with Crippen molar-refractivity contribution in [1.82, 2.24) is 5.32 Å². The molecule has 124 valence electrons. The molecule has 1 aliphatic carbocycles. The van der Waals surface area contributed by atoms with Gasteiger partial charge in [0.25, 0.3) is 5.91 Å². The van der Waals surface area contributed by atoms with E-state index >= 15 is 0 Å². The molecule has 0 saturated heterocycles. The largest absolute Gasteiger partial charge is 1.00 e. The molecule has 1 aromatic rings. The second-order valence-electron chi connectivity index (χ2n) is 5.42. The number of hydrogen-bond donors (Lipinski definition) is 2. The Morgan fingerprint density at radius 2 is 2.05 bits per heavy atom. The molecule has 5 nitrogen and oxygen atoms in total. The average Bonchev–Trinajstić information content (AvgIpc) is 2.51. The highest BCUT2D eigenvalue weighted by Gasteiger charge is 2.15. The van der Waals surface area contributed by atoms with Crippen LogP contribution in [-0.4, -0.2) is 25.7 Å². The van der Waals surface area contributed by atoms with Gasteiger partial charge in [0.1, 0.15) is 0 Å². The van der Waals surface area contributed by atoms with Crippen LogP contribution in [-0.2, 0) is 11.3 Å². The van der Waals surface area contributed by atoms with E-state index in [0.29, 0.717) is 24.1 Å². The predicted molar refractivity (Wildman–Crippen MR) is 81.4 cm³/mol. The Labute approximate surface area is 138 Å². The van der Waals surface area contributed by atoms with Gasteiger partial charge in [-0.25, -0.2) is 0 Å². The molecule has 3 N–H and O–H groups in total. The van der Waals surface area contributed by atoms with Gasteiger partial charge in [-0.15, -0.1) is 0 Å². The Morgan fingerprint density at radius 1 is 1.32 bits per heavy atom. The third-order valence-electron chi connectivity index (χ3n) is 3.83. The quantitative estimate of drug-likeness (QED) is 0.673. The van der Waals surface area contributed by atoms with Gasteiger partial charge in [-0.1, -0.05) is 31.4 Å². The van der Waals surface area contributed by atoms with Crippen LogP contribution >= 0.6 is 0 Å². The van der Waals surface area contributed by atoms with Crippen LogP contribution in [0.5, 0.6) is 11.5 Å². The van der Waals surface area contributed by atoms with Crippen molar-refractivity contribution in [1.29, 1.82) is 0 Å². The van der Waals surface area contributed by atoms with Crippen LogP contribution < -0.4 is 32.9 Å². The molecular formula is C16H24ClN2O3-. The van der Waals surface area contributed by atoms with Gasteiger partial charge in [-0.3, -0.25) is 4.79 Å². The molecular weight excluding hydrogens is 304 g/mol. The summed E-state index contributed by atoms with van der Waals surface area (Å²) in [6, 6.07) is 6.29. The van der Waals surface area contributed by atoms with E-state index < -0.39 is 5.91 Å². The molecule has 1 aromatic carbocycles. The molecule has 1 amide bonds. The number of rotatable bonds is 7. The first-order valence-corrected chi connectivity index (χ1v) is 7.51. The highest BCUT2D eigenvalue weighted by molar-refractivity contribution is 5.75. The lowest BCUT2D eigenvalue weighted by Gasteiger charge is -2.23. The van der Waals surface area contributed by atoms with Gasteiger partial charge in [0.2, 0.25) is 0 Å². The minimum Gasteiger partial charge on any atom is -1.00 e. The van der Waals surface area contributed by atoms with E-state index in [9.17, 15) is 4.79 Å². The highest BCUT2D eigenvalue weighted by Crippen LogP contribution is 2.31. The fourth-order valence-electron chi connectivity index (χ4n) is 2.73. The van der Waals surface area contributed by atoms with Crippen LogP contribution in [0.15, 0.2) is 18.2 Å². The summed E-state index contributed by atoms with van der Waals surface area (Å²) in [5, 5.41) is 3.57. The van der Waals surface area contributed by atoms with Crippen molar-refractivity contribution >= 4 is 5.91 Å². The van der Waals surface area contributed by atoms with E-state index in [1.807, 2.05) is 18.2 Å². The summed E-state index contributed by atoms with van der Waals surface area (Å²) in [5.41, 5.74) is 6.14. The summed E-state index contributed by atoms with van der Waals surface area (Å²) >= 11 is 0. The SMILES string of the molecule is COc1cccc(CNC2CCCCC2)c1OCC(N)=O.[Cl-]. The summed E-state index contributed by atoms with van der Waals surface area (Å²) in [6.45, 7) is 0.562. The molecule has 2 rings (SSSR count). The van der Waals surface area contributed by atoms with Gasteiger partial charge in [0, 0.05) is 18.2 Å². The molecule has 0 radical (unpaired) electrons. The number of ether oxygens (including phenoxy) is 2. The Bertz CT molecular complexity index is 476. The van der Waals surface area contributed by atoms with Crippen molar-refractivity contribution in [2.24, 2.45) is 5.73 Å². The van der Waals surface area contributed by atoms with Crippen LogP contribution in [0.1, 0.15) is 37.7 Å². The third kappa shape index (κ3) is 5.39. The minimum atomic E-state index is -0.493. The molecule has 0 spiro atoms. The van der Waals surface area contributed by atoms with Crippen molar-refractivity contribution in [3.63, 3.8) is 0 Å². The Kier molecular flexibility index (Phi) is 8.06. The second kappa shape index (κ2) is 9.54. The normalized spacial score (nSPS) is 15.0. The number of para-hydroxylation sites is 1. The highest BCUT2D eigenvalue weighted by atomic mass is 35.5. The van der Waals surface area contributed by atoms with Crippen LogP contribution in [0, 0.1) is 0 Å². The minimum absolute atomic E-state index is 0. The van der Waals surface area contributed by atoms with Crippen LogP contribution in [0.3, 0.4) is 0 Å². The standard InChI is InChI=1S/C16H24N2O3.ClH/c1-20-14-9-5-6-12(16(14)21-11-15(17)19)10-18-13-7-3-2-4-8-13;/h5-6,9,13,18H,2-4,7-8,10-11H2,1H3,(H2,17,19);1H/p-1. The first-order valence-electron chi connectivity index (χ1n) is 7.51. The van der Waals surface area contributed by atoms with Gasteiger partial charge in [0.05, 0.1) is 7.11 Å². The molecule has 0 bridgehead atoms. The number of hydrogen-bond acceptors (Lipinski definition) is 4. The van der Waals surface area contributed by atoms with E-state index in [0.717, 1.165) is 5.56 Å². The maximum atomic E-state index is 10.9. The number of benzene rings is 1. The zero-order valence-electron chi connectivity index (χ0n) is 12.9. The van der Waals surface area contributed by atoms with Crippen molar-refractivity contribution in [2.75, 3.05) is 13.7 Å². The lowest BCUT2D eigenvalue weighted by atomic mass is 9.95. The summed E-state index contributed by atoms with van der Waals surface area (Å²) in [5.74, 6) is 0.730. The molecule has 0 aromatic heterocycles. The first kappa shape index (κ1) is 18.6. The molecule has 0 heterocycles. The molecule has 0 atom stereocenters. The van der Waals surface area contributed by atoms with Crippen LogP contribution in [0.4, 0.5) is 0 Å². The van der Waals surface area contributed by atoms with E-state index in [4.69, 9.17) is 15.2 Å². The second-order valence-corrected chi connectivity index (χ2v) is 5.42. The number of carbonyl (C=O) groups is 1. The maximum Gasteiger partial charge on any atom is 0.255 e. The number of amides is 1. The predicted octanol–water partition coefficient (Wildman–Crippen LogP) is -1.01. The van der Waals surface area contributed by atoms with Gasteiger partial charge in [-0.2, -0.15) is 0 Å². The number of methoxy groups -OCH3 is 1. The number of primary amides is 1. The lowest BCUT2D eigenvalue weighted by molar-refractivity contribution is -0.119. The molecule has 1 aliphatic rings. The van der Waals surface area contributed by atoms with Gasteiger partial charge in [-0.05, 0) is 18.9 Å². The molecule has 6 heteroatoms. The van der Waals surface area contributed by atoms with E-state index in [-0.39, 0.29) is 19.0 Å². The molecule has 0 aliphatic heterocycles. The zero-order valence-corrected chi connectivity index (χ0v) is 13.7. The van der Waals surface area contributed by atoms with Crippen molar-refractivity contribution in [3.05, 3.63) is 23.8 Å². The van der Waals surface area contributed by atoms with Gasteiger partial charge < -0.3 is 32.9 Å². The van der Waals surface area contributed by atoms with Crippen molar-refractivity contribution < 1.29 is 26.7 Å².